The van der Waals surface area contributed by atoms with Crippen LogP contribution in [0.3, 0.4) is 0 Å². The molecule has 2 fully saturated rings. The van der Waals surface area contributed by atoms with Gasteiger partial charge in [0, 0.05) is 53.6 Å². The second kappa shape index (κ2) is 9.72. The van der Waals surface area contributed by atoms with E-state index in [0.29, 0.717) is 30.9 Å². The van der Waals surface area contributed by atoms with Crippen molar-refractivity contribution in [1.29, 1.82) is 5.26 Å². The van der Waals surface area contributed by atoms with E-state index in [1.807, 2.05) is 29.2 Å². The van der Waals surface area contributed by atoms with E-state index >= 15 is 0 Å². The topological polar surface area (TPSA) is 88.8 Å². The summed E-state index contributed by atoms with van der Waals surface area (Å²) in [6.45, 7) is 10.1. The van der Waals surface area contributed by atoms with Crippen LogP contribution in [0.5, 0.6) is 0 Å². The molecule has 38 heavy (non-hydrogen) atoms. The minimum absolute atomic E-state index is 0.0940. The number of nitrogens with one attached hydrogen (secondary N) is 1. The highest BCUT2D eigenvalue weighted by Crippen LogP contribution is 2.56. The van der Waals surface area contributed by atoms with Gasteiger partial charge in [0.1, 0.15) is 11.9 Å². The lowest BCUT2D eigenvalue weighted by Gasteiger charge is -2.63. The highest BCUT2D eigenvalue weighted by Gasteiger charge is 2.64. The molecular formula is C30H35FN4O3. The SMILES string of the molecule is CC1(C)C(NC(=O)c2ccc(N3CC[C@@H](CO)C3)c(F)c2)C(C)(C)C1ON1CC=Cc2cccc(C#N)c21. The molecule has 1 aliphatic carbocycles. The van der Waals surface area contributed by atoms with Crippen molar-refractivity contribution in [2.24, 2.45) is 16.7 Å². The number of hydrogen-bond donors (Lipinski definition) is 2. The van der Waals surface area contributed by atoms with Crippen LogP contribution < -0.4 is 15.3 Å². The maximum atomic E-state index is 15.0. The molecule has 2 heterocycles. The number of hydroxylamine groups is 1. The highest BCUT2D eigenvalue weighted by atomic mass is 19.1. The van der Waals surface area contributed by atoms with Crippen LogP contribution in [0.4, 0.5) is 15.8 Å². The number of amides is 1. The van der Waals surface area contributed by atoms with Gasteiger partial charge in [0.05, 0.1) is 29.6 Å². The smallest absolute Gasteiger partial charge is 0.251 e. The monoisotopic (exact) mass is 518 g/mol. The van der Waals surface area contributed by atoms with Gasteiger partial charge in [0.15, 0.2) is 0 Å². The van der Waals surface area contributed by atoms with Crippen LogP contribution in [-0.2, 0) is 4.84 Å². The zero-order valence-corrected chi connectivity index (χ0v) is 22.4. The fraction of sp³-hybridized carbons (Fsp3) is 0.467. The number of nitrogens with zero attached hydrogens (tertiary/aromatic N) is 3. The summed E-state index contributed by atoms with van der Waals surface area (Å²) < 4.78 is 15.0. The van der Waals surface area contributed by atoms with Gasteiger partial charge in [0.2, 0.25) is 0 Å². The maximum Gasteiger partial charge on any atom is 0.251 e. The Labute approximate surface area is 223 Å². The molecule has 0 spiro atoms. The second-order valence-corrected chi connectivity index (χ2v) is 11.8. The van der Waals surface area contributed by atoms with Crippen LogP contribution in [0.2, 0.25) is 0 Å². The summed E-state index contributed by atoms with van der Waals surface area (Å²) in [5, 5.41) is 24.0. The van der Waals surface area contributed by atoms with Crippen LogP contribution in [0.25, 0.3) is 6.08 Å². The third-order valence-corrected chi connectivity index (χ3v) is 8.45. The summed E-state index contributed by atoms with van der Waals surface area (Å²) in [7, 11) is 0. The number of hydrogen-bond acceptors (Lipinski definition) is 6. The Morgan fingerprint density at radius 2 is 2.00 bits per heavy atom. The molecule has 2 aromatic carbocycles. The van der Waals surface area contributed by atoms with E-state index in [-0.39, 0.29) is 36.1 Å². The molecule has 8 heteroatoms. The molecule has 0 bridgehead atoms. The van der Waals surface area contributed by atoms with E-state index in [1.165, 1.54) is 6.07 Å². The van der Waals surface area contributed by atoms with Gasteiger partial charge in [-0.2, -0.15) is 5.26 Å². The van der Waals surface area contributed by atoms with E-state index < -0.39 is 16.6 Å². The first-order valence-corrected chi connectivity index (χ1v) is 13.2. The Hall–Kier alpha value is -3.41. The van der Waals surface area contributed by atoms with E-state index in [4.69, 9.17) is 4.84 Å². The van der Waals surface area contributed by atoms with E-state index in [9.17, 15) is 19.6 Å². The minimum Gasteiger partial charge on any atom is -0.396 e. The van der Waals surface area contributed by atoms with Gasteiger partial charge in [0.25, 0.3) is 5.91 Å². The molecule has 1 saturated carbocycles. The summed E-state index contributed by atoms with van der Waals surface area (Å²) in [5.74, 6) is -0.612. The number of carbonyl (C=O) groups is 1. The third-order valence-electron chi connectivity index (χ3n) is 8.45. The van der Waals surface area contributed by atoms with E-state index in [0.717, 1.165) is 17.7 Å². The standard InChI is InChI=1S/C30H35FN4O3/c1-29(2)27(33-26(37)21-10-11-24(23(31)15-21)34-14-12-19(17-34)18-36)30(3,4)28(29)38-35-13-6-9-20-7-5-8-22(16-32)25(20)35/h5-11,15,19,27-28,36H,12-14,17-18H2,1-4H3,(H,33,37)/t19-,27?,28?/m1/s1. The summed E-state index contributed by atoms with van der Waals surface area (Å²) in [4.78, 5) is 21.7. The molecule has 2 aliphatic heterocycles. The lowest BCUT2D eigenvalue weighted by molar-refractivity contribution is -0.213. The van der Waals surface area contributed by atoms with Gasteiger partial charge in [-0.15, -0.1) is 0 Å². The van der Waals surface area contributed by atoms with Crippen molar-refractivity contribution in [3.05, 3.63) is 65.0 Å². The quantitative estimate of drug-likeness (QED) is 0.585. The van der Waals surface area contributed by atoms with Gasteiger partial charge < -0.3 is 15.3 Å². The van der Waals surface area contributed by atoms with Gasteiger partial charge >= 0.3 is 0 Å². The number of halogens is 1. The second-order valence-electron chi connectivity index (χ2n) is 11.8. The normalized spacial score (nSPS) is 24.9. The minimum atomic E-state index is -0.435. The molecule has 5 rings (SSSR count). The van der Waals surface area contributed by atoms with Crippen molar-refractivity contribution in [1.82, 2.24) is 5.32 Å². The molecule has 0 aromatic heterocycles. The first-order valence-electron chi connectivity index (χ1n) is 13.2. The van der Waals surface area contributed by atoms with Gasteiger partial charge in [-0.25, -0.2) is 9.45 Å². The number of rotatable bonds is 6. The summed E-state index contributed by atoms with van der Waals surface area (Å²) in [6, 6.07) is 12.3. The lowest BCUT2D eigenvalue weighted by atomic mass is 9.49. The highest BCUT2D eigenvalue weighted by molar-refractivity contribution is 5.95. The number of carbonyl (C=O) groups excluding carboxylic acids is 1. The Bertz CT molecular complexity index is 1300. The summed E-state index contributed by atoms with van der Waals surface area (Å²) in [5.41, 5.74) is 2.14. The molecule has 0 unspecified atom stereocenters. The predicted molar refractivity (Wildman–Crippen MR) is 145 cm³/mol. The third kappa shape index (κ3) is 4.34. The van der Waals surface area contributed by atoms with Crippen molar-refractivity contribution in [3.8, 4) is 6.07 Å². The van der Waals surface area contributed by atoms with Crippen molar-refractivity contribution in [2.75, 3.05) is 36.2 Å². The predicted octanol–water partition coefficient (Wildman–Crippen LogP) is 4.51. The Balaban J connectivity index is 1.30. The first kappa shape index (κ1) is 26.2. The Kier molecular flexibility index (Phi) is 6.70. The largest absolute Gasteiger partial charge is 0.396 e. The number of nitriles is 1. The molecule has 2 aromatic rings. The molecule has 0 radical (unpaired) electrons. The number of anilines is 2. The average Bonchev–Trinajstić information content (AvgIpc) is 3.38. The average molecular weight is 519 g/mol. The maximum absolute atomic E-state index is 15.0. The van der Waals surface area contributed by atoms with Crippen LogP contribution in [-0.4, -0.2) is 49.4 Å². The van der Waals surface area contributed by atoms with Crippen LogP contribution in [0.1, 0.15) is 55.6 Å². The number of aliphatic hydroxyl groups is 1. The van der Waals surface area contributed by atoms with Crippen LogP contribution in [0.15, 0.2) is 42.5 Å². The van der Waals surface area contributed by atoms with Crippen molar-refractivity contribution in [2.45, 2.75) is 46.3 Å². The molecule has 1 saturated heterocycles. The number of aliphatic hydroxyl groups excluding tert-OH is 1. The van der Waals surface area contributed by atoms with Crippen molar-refractivity contribution >= 4 is 23.4 Å². The fourth-order valence-electron chi connectivity index (χ4n) is 6.74. The van der Waals surface area contributed by atoms with Gasteiger partial charge in [-0.3, -0.25) is 9.63 Å². The molecule has 7 nitrogen and oxygen atoms in total. The van der Waals surface area contributed by atoms with E-state index in [2.05, 4.69) is 39.1 Å². The Morgan fingerprint density at radius 1 is 1.24 bits per heavy atom. The molecule has 2 N–H and O–H groups in total. The zero-order chi connectivity index (χ0) is 27.2. The van der Waals surface area contributed by atoms with Crippen LogP contribution in [0, 0.1) is 33.9 Å². The van der Waals surface area contributed by atoms with Gasteiger partial charge in [-0.1, -0.05) is 52.0 Å². The molecule has 1 amide bonds. The molecule has 1 atom stereocenters. The number of fused-ring (bicyclic) bond motifs is 1. The van der Waals surface area contributed by atoms with Crippen molar-refractivity contribution < 1.29 is 19.1 Å². The van der Waals surface area contributed by atoms with E-state index in [1.54, 1.807) is 23.3 Å². The molecule has 200 valence electrons. The summed E-state index contributed by atoms with van der Waals surface area (Å²) in [6.07, 6.45) is 4.59. The zero-order valence-electron chi connectivity index (χ0n) is 22.4. The molecular weight excluding hydrogens is 483 g/mol. The van der Waals surface area contributed by atoms with Crippen molar-refractivity contribution in [3.63, 3.8) is 0 Å². The first-order chi connectivity index (χ1) is 18.1. The lowest BCUT2D eigenvalue weighted by Crippen LogP contribution is -2.74. The van der Waals surface area contributed by atoms with Crippen LogP contribution >= 0.6 is 0 Å². The molecule has 3 aliphatic rings. The number of benzene rings is 2. The Morgan fingerprint density at radius 3 is 2.66 bits per heavy atom. The van der Waals surface area contributed by atoms with Gasteiger partial charge in [-0.05, 0) is 30.7 Å². The fourth-order valence-corrected chi connectivity index (χ4v) is 6.74. The number of para-hydroxylation sites is 1. The summed E-state index contributed by atoms with van der Waals surface area (Å²) >= 11 is 0.